The Morgan fingerprint density at radius 3 is 2.76 bits per heavy atom. The third-order valence-corrected chi connectivity index (χ3v) is 4.96. The summed E-state index contributed by atoms with van der Waals surface area (Å²) in [5, 5.41) is 6.17. The number of carbonyl (C=O) groups is 2. The number of anilines is 1. The first kappa shape index (κ1) is 20.7. The molecule has 2 N–H and O–H groups in total. The molecule has 2 aromatic carbocycles. The third-order valence-electron chi connectivity index (χ3n) is 3.83. The van der Waals surface area contributed by atoms with E-state index in [-0.39, 0.29) is 11.0 Å². The van der Waals surface area contributed by atoms with Gasteiger partial charge in [0.25, 0.3) is 5.91 Å². The normalized spacial score (nSPS) is 10.4. The fourth-order valence-corrected chi connectivity index (χ4v) is 3.64. The molecular weight excluding hydrogens is 410 g/mol. The minimum absolute atomic E-state index is 0.127. The second-order valence-electron chi connectivity index (χ2n) is 5.98. The van der Waals surface area contributed by atoms with Gasteiger partial charge in [0.15, 0.2) is 10.2 Å². The molecule has 0 aliphatic heterocycles. The molecule has 0 saturated heterocycles. The number of hydrogen-bond acceptors (Lipinski definition) is 7. The van der Waals surface area contributed by atoms with Crippen LogP contribution in [0, 0.1) is 0 Å². The van der Waals surface area contributed by atoms with Crippen molar-refractivity contribution in [1.82, 2.24) is 10.3 Å². The number of nitrogens with one attached hydrogen (secondary N) is 2. The Morgan fingerprint density at radius 2 is 2.00 bits per heavy atom. The molecule has 1 amide bonds. The maximum absolute atomic E-state index is 12.4. The molecule has 9 heteroatoms. The average Bonchev–Trinajstić information content (AvgIpc) is 3.12. The second-order valence-corrected chi connectivity index (χ2v) is 7.42. The van der Waals surface area contributed by atoms with Crippen LogP contribution < -0.4 is 15.4 Å². The molecule has 0 bridgehead atoms. The lowest BCUT2D eigenvalue weighted by atomic mass is 10.2. The number of amides is 1. The van der Waals surface area contributed by atoms with Crippen molar-refractivity contribution in [2.45, 2.75) is 13.3 Å². The predicted molar refractivity (Wildman–Crippen MR) is 117 cm³/mol. The molecule has 0 aliphatic rings. The highest BCUT2D eigenvalue weighted by Gasteiger charge is 2.13. The van der Waals surface area contributed by atoms with E-state index in [1.807, 2.05) is 6.92 Å². The second kappa shape index (κ2) is 9.44. The lowest BCUT2D eigenvalue weighted by molar-refractivity contribution is 0.0600. The molecule has 0 atom stereocenters. The minimum atomic E-state index is -0.414. The quantitative estimate of drug-likeness (QED) is 0.452. The van der Waals surface area contributed by atoms with Crippen LogP contribution in [0.4, 0.5) is 5.13 Å². The Morgan fingerprint density at radius 1 is 1.17 bits per heavy atom. The van der Waals surface area contributed by atoms with Crippen LogP contribution in [0.5, 0.6) is 5.75 Å². The Balaban J connectivity index is 1.65. The van der Waals surface area contributed by atoms with Crippen LogP contribution in [0.2, 0.25) is 0 Å². The number of methoxy groups -OCH3 is 1. The van der Waals surface area contributed by atoms with Gasteiger partial charge in [-0.15, -0.1) is 0 Å². The molecule has 1 heterocycles. The van der Waals surface area contributed by atoms with Gasteiger partial charge in [-0.1, -0.05) is 24.3 Å². The van der Waals surface area contributed by atoms with E-state index in [2.05, 4.69) is 15.6 Å². The number of thiocarbonyl (C=S) groups is 1. The molecule has 0 radical (unpaired) electrons. The van der Waals surface area contributed by atoms with Crippen LogP contribution in [0.1, 0.15) is 34.1 Å². The molecule has 3 aromatic rings. The SMILES string of the molecule is CCCOc1cccc(C(=O)NC(=S)Nc2nc3ccc(C(=O)OC)cc3s2)c1. The summed E-state index contributed by atoms with van der Waals surface area (Å²) in [6.07, 6.45) is 0.883. The molecule has 0 aliphatic carbocycles. The molecule has 1 aromatic heterocycles. The van der Waals surface area contributed by atoms with Gasteiger partial charge in [-0.3, -0.25) is 10.1 Å². The molecule has 0 unspecified atom stereocenters. The van der Waals surface area contributed by atoms with Crippen LogP contribution in [0.3, 0.4) is 0 Å². The third kappa shape index (κ3) is 5.27. The maximum atomic E-state index is 12.4. The first-order chi connectivity index (χ1) is 14.0. The highest BCUT2D eigenvalue weighted by atomic mass is 32.1. The number of hydrogen-bond donors (Lipinski definition) is 2. The number of esters is 1. The largest absolute Gasteiger partial charge is 0.494 e. The Hall–Kier alpha value is -3.04. The van der Waals surface area contributed by atoms with Crippen molar-refractivity contribution in [3.63, 3.8) is 0 Å². The topological polar surface area (TPSA) is 89.5 Å². The van der Waals surface area contributed by atoms with E-state index in [4.69, 9.17) is 21.7 Å². The van der Waals surface area contributed by atoms with Gasteiger partial charge >= 0.3 is 5.97 Å². The van der Waals surface area contributed by atoms with Crippen molar-refractivity contribution >= 4 is 55.9 Å². The van der Waals surface area contributed by atoms with Crippen molar-refractivity contribution in [2.24, 2.45) is 0 Å². The van der Waals surface area contributed by atoms with Crippen LogP contribution >= 0.6 is 23.6 Å². The molecule has 0 spiro atoms. The van der Waals surface area contributed by atoms with E-state index in [0.29, 0.717) is 34.1 Å². The lowest BCUT2D eigenvalue weighted by Crippen LogP contribution is -2.34. The van der Waals surface area contributed by atoms with Gasteiger partial charge in [0.1, 0.15) is 5.75 Å². The van der Waals surface area contributed by atoms with Crippen molar-refractivity contribution in [1.29, 1.82) is 0 Å². The first-order valence-corrected chi connectivity index (χ1v) is 10.1. The molecule has 29 heavy (non-hydrogen) atoms. The number of benzene rings is 2. The summed E-state index contributed by atoms with van der Waals surface area (Å²) >= 11 is 6.54. The van der Waals surface area contributed by atoms with Crippen LogP contribution in [-0.4, -0.2) is 35.7 Å². The van der Waals surface area contributed by atoms with Gasteiger partial charge in [-0.25, -0.2) is 9.78 Å². The van der Waals surface area contributed by atoms with Gasteiger partial charge < -0.3 is 14.8 Å². The van der Waals surface area contributed by atoms with Gasteiger partial charge in [-0.2, -0.15) is 0 Å². The monoisotopic (exact) mass is 429 g/mol. The summed E-state index contributed by atoms with van der Waals surface area (Å²) in [6.45, 7) is 2.60. The summed E-state index contributed by atoms with van der Waals surface area (Å²) in [5.74, 6) is -0.132. The number of aromatic nitrogens is 1. The van der Waals surface area contributed by atoms with E-state index < -0.39 is 5.97 Å². The van der Waals surface area contributed by atoms with Gasteiger partial charge in [-0.05, 0) is 55.0 Å². The average molecular weight is 430 g/mol. The number of rotatable bonds is 6. The lowest BCUT2D eigenvalue weighted by Gasteiger charge is -2.09. The minimum Gasteiger partial charge on any atom is -0.494 e. The zero-order valence-corrected chi connectivity index (χ0v) is 17.5. The molecular formula is C20H19N3O4S2. The smallest absolute Gasteiger partial charge is 0.337 e. The Kier molecular flexibility index (Phi) is 6.73. The number of ether oxygens (including phenoxy) is 2. The summed E-state index contributed by atoms with van der Waals surface area (Å²) in [6, 6.07) is 12.0. The number of fused-ring (bicyclic) bond motifs is 1. The number of nitrogens with zero attached hydrogens (tertiary/aromatic N) is 1. The zero-order chi connectivity index (χ0) is 20.8. The van der Waals surface area contributed by atoms with Gasteiger partial charge in [0.2, 0.25) is 0 Å². The molecule has 7 nitrogen and oxygen atoms in total. The van der Waals surface area contributed by atoms with Gasteiger partial charge in [0.05, 0.1) is 29.5 Å². The Bertz CT molecular complexity index is 1060. The van der Waals surface area contributed by atoms with Crippen molar-refractivity contribution in [2.75, 3.05) is 19.0 Å². The summed E-state index contributed by atoms with van der Waals surface area (Å²) < 4.78 is 11.1. The first-order valence-electron chi connectivity index (χ1n) is 8.84. The van der Waals surface area contributed by atoms with Crippen molar-refractivity contribution in [3.05, 3.63) is 53.6 Å². The number of thiazole rings is 1. The summed E-state index contributed by atoms with van der Waals surface area (Å²) in [4.78, 5) is 28.5. The molecule has 3 rings (SSSR count). The molecule has 0 fully saturated rings. The number of carbonyl (C=O) groups excluding carboxylic acids is 2. The van der Waals surface area contributed by atoms with Crippen molar-refractivity contribution < 1.29 is 19.1 Å². The molecule has 0 saturated carbocycles. The highest BCUT2D eigenvalue weighted by Crippen LogP contribution is 2.27. The van der Waals surface area contributed by atoms with E-state index in [9.17, 15) is 9.59 Å². The van der Waals surface area contributed by atoms with Crippen molar-refractivity contribution in [3.8, 4) is 5.75 Å². The predicted octanol–water partition coefficient (Wildman–Crippen LogP) is 4.00. The maximum Gasteiger partial charge on any atom is 0.337 e. The van der Waals surface area contributed by atoms with Crippen LogP contribution in [-0.2, 0) is 4.74 Å². The zero-order valence-electron chi connectivity index (χ0n) is 15.9. The molecule has 150 valence electrons. The summed E-state index contributed by atoms with van der Waals surface area (Å²) in [7, 11) is 1.33. The summed E-state index contributed by atoms with van der Waals surface area (Å²) in [5.41, 5.74) is 1.59. The standard InChI is InChI=1S/C20H19N3O4S2/c1-3-9-27-14-6-4-5-12(10-14)17(24)22-19(28)23-20-21-15-8-7-13(18(25)26-2)11-16(15)29-20/h4-8,10-11H,3,9H2,1-2H3,(H2,21,22,23,24,28). The fraction of sp³-hybridized carbons (Fsp3) is 0.200. The van der Waals surface area contributed by atoms with Crippen LogP contribution in [0.15, 0.2) is 42.5 Å². The highest BCUT2D eigenvalue weighted by molar-refractivity contribution is 7.80. The fourth-order valence-electron chi connectivity index (χ4n) is 2.47. The van der Waals surface area contributed by atoms with E-state index >= 15 is 0 Å². The van der Waals surface area contributed by atoms with E-state index in [1.165, 1.54) is 18.4 Å². The van der Waals surface area contributed by atoms with Crippen LogP contribution in [0.25, 0.3) is 10.2 Å². The van der Waals surface area contributed by atoms with Gasteiger partial charge in [0, 0.05) is 5.56 Å². The van der Waals surface area contributed by atoms with E-state index in [1.54, 1.807) is 42.5 Å². The Labute approximate surface area is 177 Å². The van der Waals surface area contributed by atoms with E-state index in [0.717, 1.165) is 11.1 Å².